The molecular formula is C14H13BrN2O5. The van der Waals surface area contributed by atoms with Gasteiger partial charge in [-0.05, 0) is 40.9 Å². The minimum atomic E-state index is -0.997. The van der Waals surface area contributed by atoms with E-state index < -0.39 is 12.0 Å². The van der Waals surface area contributed by atoms with E-state index >= 15 is 0 Å². The van der Waals surface area contributed by atoms with Crippen molar-refractivity contribution in [3.8, 4) is 5.75 Å². The first kappa shape index (κ1) is 14.8. The zero-order valence-corrected chi connectivity index (χ0v) is 13.1. The molecule has 0 bridgehead atoms. The third-order valence-corrected chi connectivity index (χ3v) is 4.39. The van der Waals surface area contributed by atoms with E-state index in [0.717, 1.165) is 0 Å². The van der Waals surface area contributed by atoms with Crippen LogP contribution in [0.25, 0.3) is 0 Å². The molecule has 1 atom stereocenters. The molecule has 2 amide bonds. The molecule has 0 radical (unpaired) electrons. The van der Waals surface area contributed by atoms with E-state index in [-0.39, 0.29) is 18.4 Å². The van der Waals surface area contributed by atoms with Crippen LogP contribution in [-0.2, 0) is 9.59 Å². The lowest BCUT2D eigenvalue weighted by Gasteiger charge is -2.24. The summed E-state index contributed by atoms with van der Waals surface area (Å²) in [5, 5.41) is 11.8. The molecule has 7 nitrogen and oxygen atoms in total. The number of aliphatic carboxylic acids is 1. The molecule has 1 aromatic carbocycles. The van der Waals surface area contributed by atoms with Crippen LogP contribution < -0.4 is 10.1 Å². The van der Waals surface area contributed by atoms with Gasteiger partial charge in [-0.2, -0.15) is 0 Å². The number of carbonyl (C=O) groups excluding carboxylic acids is 2. The summed E-state index contributed by atoms with van der Waals surface area (Å²) in [5.74, 6) is -1.22. The molecule has 2 aliphatic heterocycles. The van der Waals surface area contributed by atoms with E-state index in [0.29, 0.717) is 40.9 Å². The zero-order chi connectivity index (χ0) is 15.9. The van der Waals surface area contributed by atoms with Crippen LogP contribution in [0.2, 0.25) is 0 Å². The second-order valence-electron chi connectivity index (χ2n) is 5.16. The molecule has 22 heavy (non-hydrogen) atoms. The fraction of sp³-hybridized carbons (Fsp3) is 0.357. The fourth-order valence-electron chi connectivity index (χ4n) is 2.69. The van der Waals surface area contributed by atoms with Gasteiger partial charge in [0.1, 0.15) is 11.8 Å². The lowest BCUT2D eigenvalue weighted by atomic mass is 10.1. The number of nitrogens with one attached hydrogen (secondary N) is 1. The zero-order valence-electron chi connectivity index (χ0n) is 11.5. The smallest absolute Gasteiger partial charge is 0.326 e. The monoisotopic (exact) mass is 368 g/mol. The largest absolute Gasteiger partial charge is 0.482 e. The summed E-state index contributed by atoms with van der Waals surface area (Å²) in [4.78, 5) is 36.5. The van der Waals surface area contributed by atoms with E-state index in [1.165, 1.54) is 11.0 Å². The first-order valence-electron chi connectivity index (χ1n) is 6.77. The van der Waals surface area contributed by atoms with Crippen molar-refractivity contribution in [3.63, 3.8) is 0 Å². The highest BCUT2D eigenvalue weighted by molar-refractivity contribution is 9.10. The van der Waals surface area contributed by atoms with Gasteiger partial charge in [-0.3, -0.25) is 9.59 Å². The quantitative estimate of drug-likeness (QED) is 0.823. The molecule has 1 aromatic rings. The molecule has 1 saturated heterocycles. The number of hydrogen-bond donors (Lipinski definition) is 2. The van der Waals surface area contributed by atoms with Crippen molar-refractivity contribution in [2.24, 2.45) is 0 Å². The predicted octanol–water partition coefficient (Wildman–Crippen LogP) is 1.47. The van der Waals surface area contributed by atoms with Crippen molar-refractivity contribution in [1.29, 1.82) is 0 Å². The fourth-order valence-corrected chi connectivity index (χ4v) is 3.20. The van der Waals surface area contributed by atoms with Crippen LogP contribution in [0.15, 0.2) is 16.6 Å². The summed E-state index contributed by atoms with van der Waals surface area (Å²) >= 11 is 3.30. The molecule has 0 aromatic heterocycles. The number of carboxylic acids is 1. The highest BCUT2D eigenvalue weighted by Crippen LogP contribution is 2.35. The van der Waals surface area contributed by atoms with Crippen LogP contribution in [0.3, 0.4) is 0 Å². The number of halogens is 1. The van der Waals surface area contributed by atoms with E-state index in [4.69, 9.17) is 4.74 Å². The molecule has 0 aliphatic carbocycles. The van der Waals surface area contributed by atoms with Crippen LogP contribution in [0.1, 0.15) is 23.2 Å². The Kier molecular flexibility index (Phi) is 3.78. The molecule has 116 valence electrons. The molecule has 8 heteroatoms. The lowest BCUT2D eigenvalue weighted by molar-refractivity contribution is -0.141. The number of fused-ring (bicyclic) bond motifs is 1. The van der Waals surface area contributed by atoms with Crippen molar-refractivity contribution in [1.82, 2.24) is 4.90 Å². The number of rotatable bonds is 2. The van der Waals surface area contributed by atoms with Gasteiger partial charge >= 0.3 is 5.97 Å². The van der Waals surface area contributed by atoms with E-state index in [1.54, 1.807) is 6.07 Å². The lowest BCUT2D eigenvalue weighted by Crippen LogP contribution is -2.40. The van der Waals surface area contributed by atoms with Crippen molar-refractivity contribution < 1.29 is 24.2 Å². The Morgan fingerprint density at radius 1 is 1.41 bits per heavy atom. The molecular weight excluding hydrogens is 356 g/mol. The Morgan fingerprint density at radius 3 is 2.91 bits per heavy atom. The number of ether oxygens (including phenoxy) is 1. The van der Waals surface area contributed by atoms with Gasteiger partial charge in [0.2, 0.25) is 0 Å². The van der Waals surface area contributed by atoms with Gasteiger partial charge in [-0.1, -0.05) is 0 Å². The number of likely N-dealkylation sites (tertiary alicyclic amines) is 1. The average molecular weight is 369 g/mol. The van der Waals surface area contributed by atoms with Gasteiger partial charge in [0.05, 0.1) is 11.3 Å². The van der Waals surface area contributed by atoms with E-state index in [1.807, 2.05) is 0 Å². The van der Waals surface area contributed by atoms with Crippen molar-refractivity contribution in [2.75, 3.05) is 18.5 Å². The Bertz CT molecular complexity index is 675. The summed E-state index contributed by atoms with van der Waals surface area (Å²) in [6.07, 6.45) is 1.12. The number of benzene rings is 1. The number of anilines is 1. The van der Waals surface area contributed by atoms with Gasteiger partial charge < -0.3 is 20.1 Å². The van der Waals surface area contributed by atoms with Crippen LogP contribution in [0.5, 0.6) is 5.75 Å². The number of hydrogen-bond acceptors (Lipinski definition) is 4. The summed E-state index contributed by atoms with van der Waals surface area (Å²) < 4.78 is 5.78. The molecule has 2 aliphatic rings. The minimum Gasteiger partial charge on any atom is -0.482 e. The molecule has 1 unspecified atom stereocenters. The second kappa shape index (κ2) is 5.60. The molecule has 0 saturated carbocycles. The summed E-state index contributed by atoms with van der Waals surface area (Å²) in [6, 6.07) is 2.32. The summed E-state index contributed by atoms with van der Waals surface area (Å²) in [5.41, 5.74) is 0.805. The van der Waals surface area contributed by atoms with Gasteiger partial charge in [0, 0.05) is 11.0 Å². The van der Waals surface area contributed by atoms with Crippen LogP contribution in [0.4, 0.5) is 5.69 Å². The van der Waals surface area contributed by atoms with E-state index in [2.05, 4.69) is 21.2 Å². The van der Waals surface area contributed by atoms with Crippen LogP contribution >= 0.6 is 15.9 Å². The molecule has 3 rings (SSSR count). The third-order valence-electron chi connectivity index (χ3n) is 3.73. The van der Waals surface area contributed by atoms with Gasteiger partial charge in [0.15, 0.2) is 6.61 Å². The summed E-state index contributed by atoms with van der Waals surface area (Å²) in [6.45, 7) is 0.306. The Hall–Kier alpha value is -2.09. The molecule has 2 heterocycles. The van der Waals surface area contributed by atoms with Crippen molar-refractivity contribution in [2.45, 2.75) is 18.9 Å². The highest BCUT2D eigenvalue weighted by atomic mass is 79.9. The van der Waals surface area contributed by atoms with Crippen molar-refractivity contribution >= 4 is 39.4 Å². The van der Waals surface area contributed by atoms with Crippen LogP contribution in [0, 0.1) is 0 Å². The minimum absolute atomic E-state index is 0.107. The van der Waals surface area contributed by atoms with Gasteiger partial charge in [-0.15, -0.1) is 0 Å². The first-order chi connectivity index (χ1) is 10.5. The second-order valence-corrected chi connectivity index (χ2v) is 6.01. The number of carbonyl (C=O) groups is 3. The number of nitrogens with zero attached hydrogens (tertiary/aromatic N) is 1. The molecule has 0 spiro atoms. The molecule has 1 fully saturated rings. The standard InChI is InChI=1S/C14H13BrN2O5/c15-8-5-9-11(22-6-12(18)16-9)4-7(8)13(19)17-3-1-2-10(17)14(20)21/h4-5,10H,1-3,6H2,(H,16,18)(H,20,21). The predicted molar refractivity (Wildman–Crippen MR) is 80.0 cm³/mol. The van der Waals surface area contributed by atoms with Crippen LogP contribution in [-0.4, -0.2) is 47.0 Å². The first-order valence-corrected chi connectivity index (χ1v) is 7.56. The third kappa shape index (κ3) is 2.54. The molecule has 2 N–H and O–H groups in total. The highest BCUT2D eigenvalue weighted by Gasteiger charge is 2.35. The Balaban J connectivity index is 1.93. The maximum Gasteiger partial charge on any atom is 0.326 e. The van der Waals surface area contributed by atoms with Gasteiger partial charge in [0.25, 0.3) is 11.8 Å². The van der Waals surface area contributed by atoms with Gasteiger partial charge in [-0.25, -0.2) is 4.79 Å². The topological polar surface area (TPSA) is 95.9 Å². The SMILES string of the molecule is O=C1COc2cc(C(=O)N3CCCC3C(=O)O)c(Br)cc2N1. The Morgan fingerprint density at radius 2 is 2.18 bits per heavy atom. The number of carboxylic acid groups (broad SMARTS) is 1. The number of amides is 2. The van der Waals surface area contributed by atoms with Crippen molar-refractivity contribution in [3.05, 3.63) is 22.2 Å². The average Bonchev–Trinajstić information content (AvgIpc) is 2.95. The summed E-state index contributed by atoms with van der Waals surface area (Å²) in [7, 11) is 0. The maximum atomic E-state index is 12.6. The Labute approximate surface area is 134 Å². The normalized spacial score (nSPS) is 20.1. The maximum absolute atomic E-state index is 12.6. The van der Waals surface area contributed by atoms with E-state index in [9.17, 15) is 19.5 Å².